The van der Waals surface area contributed by atoms with Gasteiger partial charge in [0.05, 0.1) is 23.8 Å². The molecule has 1 aromatic heterocycles. The second-order valence-corrected chi connectivity index (χ2v) is 9.65. The van der Waals surface area contributed by atoms with Crippen LogP contribution in [0, 0.1) is 0 Å². The molecule has 6 nitrogen and oxygen atoms in total. The number of para-hydroxylation sites is 1. The highest BCUT2D eigenvalue weighted by molar-refractivity contribution is 7.89. The predicted octanol–water partition coefficient (Wildman–Crippen LogP) is 2.66. The van der Waals surface area contributed by atoms with E-state index >= 15 is 0 Å². The third kappa shape index (κ3) is 3.97. The Morgan fingerprint density at radius 1 is 0.821 bits per heavy atom. The zero-order valence-electron chi connectivity index (χ0n) is 15.8. The highest BCUT2D eigenvalue weighted by atomic mass is 35.5. The molecule has 150 valence electrons. The average molecular weight is 422 g/mol. The SMILES string of the molecule is O=S(=O)(c1ccc(N2CCN(c3ccccc3Cl)CC2)[nH+]c1)N1CCCCC1. The Labute approximate surface area is 171 Å². The standard InChI is InChI=1S/C20H25ClN4O2S/c21-18-6-2-3-7-19(18)23-12-14-24(15-13-23)20-9-8-17(16-22-20)28(26,27)25-10-4-1-5-11-25/h2-3,6-9,16H,1,4-5,10-15H2/p+1. The largest absolute Gasteiger partial charge is 0.362 e. The van der Waals surface area contributed by atoms with Crippen molar-refractivity contribution >= 4 is 33.1 Å². The Morgan fingerprint density at radius 2 is 1.50 bits per heavy atom. The topological polar surface area (TPSA) is 58.0 Å². The molecule has 0 radical (unpaired) electrons. The van der Waals surface area contributed by atoms with Gasteiger partial charge < -0.3 is 4.90 Å². The number of pyridine rings is 1. The Morgan fingerprint density at radius 3 is 2.14 bits per heavy atom. The molecule has 1 aromatic carbocycles. The number of rotatable bonds is 4. The lowest BCUT2D eigenvalue weighted by molar-refractivity contribution is -0.367. The van der Waals surface area contributed by atoms with Crippen LogP contribution < -0.4 is 14.8 Å². The minimum absolute atomic E-state index is 0.341. The number of nitrogens with one attached hydrogen (secondary N) is 1. The highest BCUT2D eigenvalue weighted by Crippen LogP contribution is 2.27. The van der Waals surface area contributed by atoms with Crippen LogP contribution >= 0.6 is 11.6 Å². The summed E-state index contributed by atoms with van der Waals surface area (Å²) in [5.41, 5.74) is 1.07. The summed E-state index contributed by atoms with van der Waals surface area (Å²) >= 11 is 6.31. The number of sulfonamides is 1. The van der Waals surface area contributed by atoms with Crippen LogP contribution in [0.2, 0.25) is 5.02 Å². The van der Waals surface area contributed by atoms with E-state index in [2.05, 4.69) is 14.8 Å². The number of hydrogen-bond donors (Lipinski definition) is 0. The van der Waals surface area contributed by atoms with Gasteiger partial charge in [-0.2, -0.15) is 4.31 Å². The number of halogens is 1. The number of aromatic amines is 1. The molecular formula is C20H26ClN4O2S+. The smallest absolute Gasteiger partial charge is 0.274 e. The van der Waals surface area contributed by atoms with E-state index in [4.69, 9.17) is 11.6 Å². The molecule has 0 atom stereocenters. The third-order valence-corrected chi connectivity index (χ3v) is 7.75. The van der Waals surface area contributed by atoms with Crippen LogP contribution in [-0.2, 0) is 10.0 Å². The summed E-state index contributed by atoms with van der Waals surface area (Å²) in [5, 5.41) is 0.773. The second kappa shape index (κ2) is 8.27. The first-order valence-corrected chi connectivity index (χ1v) is 11.6. The maximum atomic E-state index is 12.8. The molecule has 2 saturated heterocycles. The quantitative estimate of drug-likeness (QED) is 0.761. The first-order valence-electron chi connectivity index (χ1n) is 9.82. The van der Waals surface area contributed by atoms with E-state index < -0.39 is 10.0 Å². The molecule has 2 aliphatic heterocycles. The summed E-state index contributed by atoms with van der Waals surface area (Å²) in [5.74, 6) is 0.941. The molecule has 4 rings (SSSR count). The lowest BCUT2D eigenvalue weighted by Crippen LogP contribution is -2.48. The molecule has 0 saturated carbocycles. The third-order valence-electron chi connectivity index (χ3n) is 5.53. The van der Waals surface area contributed by atoms with Gasteiger partial charge in [-0.25, -0.2) is 13.4 Å². The molecule has 0 bridgehead atoms. The monoisotopic (exact) mass is 421 g/mol. The summed E-state index contributed by atoms with van der Waals surface area (Å²) in [6.07, 6.45) is 4.62. The zero-order chi connectivity index (χ0) is 19.6. The second-order valence-electron chi connectivity index (χ2n) is 7.30. The maximum Gasteiger partial charge on any atom is 0.274 e. The summed E-state index contributed by atoms with van der Waals surface area (Å²) < 4.78 is 27.2. The number of hydrogen-bond acceptors (Lipinski definition) is 4. The van der Waals surface area contributed by atoms with Crippen molar-refractivity contribution in [2.75, 3.05) is 49.1 Å². The van der Waals surface area contributed by atoms with Gasteiger partial charge in [0.15, 0.2) is 0 Å². The predicted molar refractivity (Wildman–Crippen MR) is 111 cm³/mol. The normalized spacial score (nSPS) is 19.0. The molecule has 2 aromatic rings. The lowest BCUT2D eigenvalue weighted by atomic mass is 10.2. The van der Waals surface area contributed by atoms with E-state index in [1.807, 2.05) is 30.3 Å². The van der Waals surface area contributed by atoms with Crippen molar-refractivity contribution < 1.29 is 13.4 Å². The summed E-state index contributed by atoms with van der Waals surface area (Å²) in [7, 11) is -3.40. The van der Waals surface area contributed by atoms with E-state index in [0.29, 0.717) is 18.0 Å². The molecule has 8 heteroatoms. The van der Waals surface area contributed by atoms with Crippen LogP contribution in [0.15, 0.2) is 47.5 Å². The van der Waals surface area contributed by atoms with E-state index in [1.165, 1.54) is 0 Å². The van der Waals surface area contributed by atoms with Gasteiger partial charge in [0.25, 0.3) is 5.82 Å². The summed E-state index contributed by atoms with van der Waals surface area (Å²) in [6.45, 7) is 4.67. The van der Waals surface area contributed by atoms with Gasteiger partial charge in [0, 0.05) is 19.2 Å². The molecular weight excluding hydrogens is 396 g/mol. The fourth-order valence-corrected chi connectivity index (χ4v) is 5.65. The van der Waals surface area contributed by atoms with Gasteiger partial charge in [0.2, 0.25) is 10.0 Å². The number of piperazine rings is 1. The lowest BCUT2D eigenvalue weighted by Gasteiger charge is -2.33. The minimum Gasteiger partial charge on any atom is -0.362 e. The van der Waals surface area contributed by atoms with Crippen molar-refractivity contribution in [3.63, 3.8) is 0 Å². The molecule has 0 unspecified atom stereocenters. The van der Waals surface area contributed by atoms with Gasteiger partial charge in [0.1, 0.15) is 24.2 Å². The van der Waals surface area contributed by atoms with Crippen LogP contribution in [0.3, 0.4) is 0 Å². The molecule has 2 fully saturated rings. The Hall–Kier alpha value is -1.83. The number of piperidine rings is 1. The molecule has 0 spiro atoms. The maximum absolute atomic E-state index is 12.8. The van der Waals surface area contributed by atoms with Gasteiger partial charge in [-0.15, -0.1) is 0 Å². The Balaban J connectivity index is 1.42. The average Bonchev–Trinajstić information content (AvgIpc) is 2.75. The first kappa shape index (κ1) is 19.5. The summed E-state index contributed by atoms with van der Waals surface area (Å²) in [6, 6.07) is 11.5. The summed E-state index contributed by atoms with van der Waals surface area (Å²) in [4.78, 5) is 8.06. The van der Waals surface area contributed by atoms with E-state index in [9.17, 15) is 8.42 Å². The highest BCUT2D eigenvalue weighted by Gasteiger charge is 2.28. The fraction of sp³-hybridized carbons (Fsp3) is 0.450. The van der Waals surface area contributed by atoms with Crippen molar-refractivity contribution in [1.82, 2.24) is 4.31 Å². The number of benzene rings is 1. The van der Waals surface area contributed by atoms with E-state index in [-0.39, 0.29) is 0 Å². The van der Waals surface area contributed by atoms with Gasteiger partial charge in [-0.1, -0.05) is 30.2 Å². The van der Waals surface area contributed by atoms with Crippen LogP contribution in [0.1, 0.15) is 19.3 Å². The van der Waals surface area contributed by atoms with Crippen molar-refractivity contribution in [3.05, 3.63) is 47.6 Å². The van der Waals surface area contributed by atoms with Gasteiger partial charge >= 0.3 is 0 Å². The number of nitrogens with zero attached hydrogens (tertiary/aromatic N) is 3. The van der Waals surface area contributed by atoms with Gasteiger partial charge in [-0.3, -0.25) is 4.90 Å². The molecule has 2 aliphatic rings. The van der Waals surface area contributed by atoms with Crippen LogP contribution in [0.25, 0.3) is 0 Å². The Bertz CT molecular complexity index is 906. The van der Waals surface area contributed by atoms with Crippen molar-refractivity contribution in [2.24, 2.45) is 0 Å². The van der Waals surface area contributed by atoms with Crippen LogP contribution in [0.4, 0.5) is 11.5 Å². The van der Waals surface area contributed by atoms with Crippen LogP contribution in [0.5, 0.6) is 0 Å². The Kier molecular flexibility index (Phi) is 5.75. The zero-order valence-corrected chi connectivity index (χ0v) is 17.4. The number of H-pyrrole nitrogens is 1. The molecule has 0 amide bonds. The molecule has 28 heavy (non-hydrogen) atoms. The van der Waals surface area contributed by atoms with E-state index in [1.54, 1.807) is 16.6 Å². The van der Waals surface area contributed by atoms with E-state index in [0.717, 1.165) is 62.0 Å². The first-order chi connectivity index (χ1) is 13.6. The minimum atomic E-state index is -3.40. The molecule has 1 N–H and O–H groups in total. The van der Waals surface area contributed by atoms with Gasteiger partial charge in [-0.05, 0) is 31.0 Å². The fourth-order valence-electron chi connectivity index (χ4n) is 3.91. The van der Waals surface area contributed by atoms with Crippen LogP contribution in [-0.4, -0.2) is 52.0 Å². The van der Waals surface area contributed by atoms with Crippen molar-refractivity contribution in [1.29, 1.82) is 0 Å². The molecule has 3 heterocycles. The van der Waals surface area contributed by atoms with Crippen molar-refractivity contribution in [3.8, 4) is 0 Å². The molecule has 0 aliphatic carbocycles. The van der Waals surface area contributed by atoms with Crippen molar-refractivity contribution in [2.45, 2.75) is 24.2 Å². The number of anilines is 2. The number of aromatic nitrogens is 1.